The fourth-order valence-electron chi connectivity index (χ4n) is 4.83. The van der Waals surface area contributed by atoms with Crippen LogP contribution in [0.4, 0.5) is 0 Å². The molecule has 2 aliphatic heterocycles. The van der Waals surface area contributed by atoms with E-state index in [2.05, 4.69) is 78.1 Å². The second kappa shape index (κ2) is 7.66. The number of carbonyl (C=O) groups is 1. The molecular weight excluding hydrogens is 374 g/mol. The van der Waals surface area contributed by atoms with Crippen molar-refractivity contribution in [3.8, 4) is 0 Å². The monoisotopic (exact) mass is 397 g/mol. The summed E-state index contributed by atoms with van der Waals surface area (Å²) >= 11 is 1.52. The van der Waals surface area contributed by atoms with Crippen LogP contribution in [0.15, 0.2) is 102 Å². The third-order valence-electron chi connectivity index (χ3n) is 6.06. The van der Waals surface area contributed by atoms with Gasteiger partial charge in [-0.2, -0.15) is 0 Å². The number of fused-ring (bicyclic) bond motifs is 1. The van der Waals surface area contributed by atoms with Gasteiger partial charge in [-0.05, 0) is 35.2 Å². The zero-order chi connectivity index (χ0) is 19.7. The Hall–Kier alpha value is -2.62. The Balaban J connectivity index is 1.90. The Bertz CT molecular complexity index is 947. The molecule has 5 rings (SSSR count). The maximum absolute atomic E-state index is 13.6. The van der Waals surface area contributed by atoms with E-state index in [0.29, 0.717) is 0 Å². The number of benzene rings is 3. The first-order chi connectivity index (χ1) is 14.3. The van der Waals surface area contributed by atoms with E-state index in [1.165, 1.54) is 17.3 Å². The van der Waals surface area contributed by atoms with Crippen LogP contribution >= 0.6 is 11.8 Å². The normalized spacial score (nSPS) is 19.3. The second-order valence-electron chi connectivity index (χ2n) is 7.61. The number of hydrogen-bond donors (Lipinski definition) is 1. The van der Waals surface area contributed by atoms with Crippen LogP contribution in [-0.2, 0) is 10.2 Å². The molecule has 1 N–H and O–H groups in total. The molecule has 1 fully saturated rings. The molecule has 0 spiro atoms. The lowest BCUT2D eigenvalue weighted by atomic mass is 9.63. The van der Waals surface area contributed by atoms with Gasteiger partial charge in [0.2, 0.25) is 5.12 Å². The molecule has 3 aromatic carbocycles. The van der Waals surface area contributed by atoms with Crippen molar-refractivity contribution in [3.63, 3.8) is 0 Å². The van der Waals surface area contributed by atoms with Crippen molar-refractivity contribution in [2.24, 2.45) is 0 Å². The van der Waals surface area contributed by atoms with Gasteiger partial charge in [0.05, 0.1) is 5.41 Å². The molecule has 0 saturated carbocycles. The molecule has 3 aromatic rings. The molecule has 0 bridgehead atoms. The zero-order valence-electron chi connectivity index (χ0n) is 16.2. The SMILES string of the molecule is O=C1SC2CCNCC2=C1C(c1ccccc1)(c1ccccc1)c1ccccc1. The summed E-state index contributed by atoms with van der Waals surface area (Å²) in [7, 11) is 0. The molecular formula is C26H23NOS. The van der Waals surface area contributed by atoms with Gasteiger partial charge in [-0.3, -0.25) is 4.79 Å². The Labute approximate surface area is 176 Å². The summed E-state index contributed by atoms with van der Waals surface area (Å²) in [5.41, 5.74) is 5.02. The van der Waals surface area contributed by atoms with Crippen molar-refractivity contribution >= 4 is 16.9 Å². The van der Waals surface area contributed by atoms with Crippen molar-refractivity contribution in [1.29, 1.82) is 0 Å². The highest BCUT2D eigenvalue weighted by Gasteiger charge is 2.49. The predicted molar refractivity (Wildman–Crippen MR) is 120 cm³/mol. The van der Waals surface area contributed by atoms with Gasteiger partial charge in [-0.15, -0.1) is 0 Å². The Morgan fingerprint density at radius 3 is 1.72 bits per heavy atom. The Morgan fingerprint density at radius 1 is 0.759 bits per heavy atom. The highest BCUT2D eigenvalue weighted by molar-refractivity contribution is 8.15. The van der Waals surface area contributed by atoms with Gasteiger partial charge in [0.25, 0.3) is 0 Å². The minimum atomic E-state index is -0.614. The van der Waals surface area contributed by atoms with Crippen molar-refractivity contribution < 1.29 is 4.79 Å². The van der Waals surface area contributed by atoms with Crippen molar-refractivity contribution in [3.05, 3.63) is 119 Å². The van der Waals surface area contributed by atoms with Gasteiger partial charge in [0, 0.05) is 17.4 Å². The molecule has 2 aliphatic rings. The van der Waals surface area contributed by atoms with E-state index in [1.807, 2.05) is 18.2 Å². The zero-order valence-corrected chi connectivity index (χ0v) is 17.0. The topological polar surface area (TPSA) is 29.1 Å². The molecule has 3 heteroatoms. The van der Waals surface area contributed by atoms with Crippen LogP contribution in [0.2, 0.25) is 0 Å². The Morgan fingerprint density at radius 2 is 1.24 bits per heavy atom. The molecule has 0 aliphatic carbocycles. The summed E-state index contributed by atoms with van der Waals surface area (Å²) in [5.74, 6) is 0. The summed E-state index contributed by atoms with van der Waals surface area (Å²) in [6.07, 6.45) is 1.00. The Kier molecular flexibility index (Phi) is 4.86. The molecule has 0 aromatic heterocycles. The van der Waals surface area contributed by atoms with E-state index in [0.717, 1.165) is 41.8 Å². The van der Waals surface area contributed by atoms with E-state index >= 15 is 0 Å². The second-order valence-corrected chi connectivity index (χ2v) is 8.78. The highest BCUT2D eigenvalue weighted by Crippen LogP contribution is 2.52. The molecule has 1 unspecified atom stereocenters. The van der Waals surface area contributed by atoms with Gasteiger partial charge in [0.1, 0.15) is 0 Å². The smallest absolute Gasteiger partial charge is 0.217 e. The van der Waals surface area contributed by atoms with Gasteiger partial charge in [-0.25, -0.2) is 0 Å². The summed E-state index contributed by atoms with van der Waals surface area (Å²) in [5, 5.41) is 4.01. The van der Waals surface area contributed by atoms with Crippen LogP contribution in [0.5, 0.6) is 0 Å². The van der Waals surface area contributed by atoms with Crippen LogP contribution in [0.3, 0.4) is 0 Å². The average molecular weight is 398 g/mol. The summed E-state index contributed by atoms with van der Waals surface area (Å²) in [6, 6.07) is 31.5. The lowest BCUT2D eigenvalue weighted by Crippen LogP contribution is -2.37. The van der Waals surface area contributed by atoms with Gasteiger partial charge in [0.15, 0.2) is 0 Å². The molecule has 0 amide bonds. The maximum Gasteiger partial charge on any atom is 0.217 e. The molecule has 0 radical (unpaired) electrons. The fourth-order valence-corrected chi connectivity index (χ4v) is 6.07. The van der Waals surface area contributed by atoms with Crippen LogP contribution in [0.1, 0.15) is 23.1 Å². The molecule has 2 heterocycles. The number of hydrogen-bond acceptors (Lipinski definition) is 3. The number of carbonyl (C=O) groups excluding carboxylic acids is 1. The first-order valence-electron chi connectivity index (χ1n) is 10.1. The minimum Gasteiger partial charge on any atom is -0.313 e. The summed E-state index contributed by atoms with van der Waals surface area (Å²) in [4.78, 5) is 13.6. The summed E-state index contributed by atoms with van der Waals surface area (Å²) in [6.45, 7) is 1.75. The molecule has 29 heavy (non-hydrogen) atoms. The number of nitrogens with one attached hydrogen (secondary N) is 1. The third kappa shape index (κ3) is 2.97. The average Bonchev–Trinajstić information content (AvgIpc) is 3.13. The van der Waals surface area contributed by atoms with Gasteiger partial charge >= 0.3 is 0 Å². The van der Waals surface area contributed by atoms with E-state index in [-0.39, 0.29) is 10.4 Å². The quantitative estimate of drug-likeness (QED) is 0.632. The van der Waals surface area contributed by atoms with E-state index < -0.39 is 5.41 Å². The number of rotatable bonds is 4. The van der Waals surface area contributed by atoms with Crippen LogP contribution in [-0.4, -0.2) is 23.5 Å². The maximum atomic E-state index is 13.6. The lowest BCUT2D eigenvalue weighted by Gasteiger charge is -2.38. The van der Waals surface area contributed by atoms with Gasteiger partial charge < -0.3 is 5.32 Å². The van der Waals surface area contributed by atoms with Crippen molar-refractivity contribution in [2.75, 3.05) is 13.1 Å². The van der Waals surface area contributed by atoms with Crippen molar-refractivity contribution in [1.82, 2.24) is 5.32 Å². The molecule has 144 valence electrons. The first kappa shape index (κ1) is 18.4. The molecule has 1 saturated heterocycles. The summed E-state index contributed by atoms with van der Waals surface area (Å²) < 4.78 is 0. The molecule has 1 atom stereocenters. The van der Waals surface area contributed by atoms with Crippen molar-refractivity contribution in [2.45, 2.75) is 17.1 Å². The van der Waals surface area contributed by atoms with Crippen LogP contribution in [0, 0.1) is 0 Å². The van der Waals surface area contributed by atoms with E-state index in [1.54, 1.807) is 0 Å². The number of thioether (sulfide) groups is 1. The van der Waals surface area contributed by atoms with Crippen LogP contribution in [0.25, 0.3) is 0 Å². The lowest BCUT2D eigenvalue weighted by molar-refractivity contribution is -0.108. The number of piperidine rings is 1. The predicted octanol–water partition coefficient (Wildman–Crippen LogP) is 4.95. The third-order valence-corrected chi connectivity index (χ3v) is 7.28. The van der Waals surface area contributed by atoms with Crippen LogP contribution < -0.4 is 5.32 Å². The van der Waals surface area contributed by atoms with E-state index in [9.17, 15) is 4.79 Å². The first-order valence-corrected chi connectivity index (χ1v) is 11.0. The largest absolute Gasteiger partial charge is 0.313 e. The minimum absolute atomic E-state index is 0.213. The standard InChI is InChI=1S/C26H23NOS/c28-25-24(22-18-27-17-16-23(22)29-25)26(19-10-4-1-5-11-19,20-12-6-2-7-13-20)21-14-8-3-9-15-21/h1-15,23,27H,16-18H2. The van der Waals surface area contributed by atoms with Gasteiger partial charge in [-0.1, -0.05) is 103 Å². The fraction of sp³-hybridized carbons (Fsp3) is 0.192. The van der Waals surface area contributed by atoms with E-state index in [4.69, 9.17) is 0 Å². The molecule has 2 nitrogen and oxygen atoms in total. The highest BCUT2D eigenvalue weighted by atomic mass is 32.2.